The van der Waals surface area contributed by atoms with E-state index in [1.54, 1.807) is 0 Å². The normalized spacial score (nSPS) is 10.6. The predicted octanol–water partition coefficient (Wildman–Crippen LogP) is 1.62. The first-order valence-electron chi connectivity index (χ1n) is 5.19. The second kappa shape index (κ2) is 7.88. The van der Waals surface area contributed by atoms with Gasteiger partial charge in [-0.2, -0.15) is 16.9 Å². The van der Waals surface area contributed by atoms with Crippen LogP contribution in [0.3, 0.4) is 0 Å². The number of nitrogens with one attached hydrogen (secondary N) is 1. The second-order valence-corrected chi connectivity index (χ2v) is 4.46. The van der Waals surface area contributed by atoms with E-state index in [4.69, 9.17) is 0 Å². The zero-order valence-electron chi connectivity index (χ0n) is 8.78. The van der Waals surface area contributed by atoms with Crippen LogP contribution in [0.15, 0.2) is 18.5 Å². The van der Waals surface area contributed by atoms with Crippen molar-refractivity contribution in [1.82, 2.24) is 15.1 Å². The summed E-state index contributed by atoms with van der Waals surface area (Å²) >= 11 is 1.98. The molecule has 1 N–H and O–H groups in total. The van der Waals surface area contributed by atoms with E-state index in [1.165, 1.54) is 11.5 Å². The Kier molecular flexibility index (Phi) is 6.53. The summed E-state index contributed by atoms with van der Waals surface area (Å²) < 4.78 is 1.97. The van der Waals surface area contributed by atoms with Crippen LogP contribution < -0.4 is 5.32 Å². The van der Waals surface area contributed by atoms with Crippen molar-refractivity contribution in [2.45, 2.75) is 19.9 Å². The minimum absolute atomic E-state index is 1.01. The van der Waals surface area contributed by atoms with Crippen LogP contribution in [-0.4, -0.2) is 34.4 Å². The highest BCUT2D eigenvalue weighted by molar-refractivity contribution is 7.99. The van der Waals surface area contributed by atoms with Gasteiger partial charge in [-0.3, -0.25) is 4.68 Å². The Morgan fingerprint density at radius 3 is 3.07 bits per heavy atom. The molecular weight excluding hydrogens is 194 g/mol. The van der Waals surface area contributed by atoms with Crippen LogP contribution in [0.2, 0.25) is 0 Å². The van der Waals surface area contributed by atoms with E-state index in [2.05, 4.69) is 17.3 Å². The fourth-order valence-electron chi connectivity index (χ4n) is 1.21. The van der Waals surface area contributed by atoms with Gasteiger partial charge in [0.15, 0.2) is 0 Å². The first-order chi connectivity index (χ1) is 6.93. The van der Waals surface area contributed by atoms with Crippen molar-refractivity contribution < 1.29 is 0 Å². The van der Waals surface area contributed by atoms with E-state index >= 15 is 0 Å². The number of hydrogen-bond donors (Lipinski definition) is 1. The van der Waals surface area contributed by atoms with Gasteiger partial charge in [0.2, 0.25) is 0 Å². The average Bonchev–Trinajstić information content (AvgIpc) is 2.69. The molecule has 0 aliphatic rings. The van der Waals surface area contributed by atoms with Crippen LogP contribution in [0.1, 0.15) is 13.3 Å². The third-order valence-electron chi connectivity index (χ3n) is 1.93. The number of aromatic nitrogens is 2. The minimum atomic E-state index is 1.01. The molecule has 0 saturated carbocycles. The van der Waals surface area contributed by atoms with Gasteiger partial charge in [-0.1, -0.05) is 6.92 Å². The SMILES string of the molecule is CCSCCNCCCn1cccn1. The summed E-state index contributed by atoms with van der Waals surface area (Å²) in [5.74, 6) is 2.44. The summed E-state index contributed by atoms with van der Waals surface area (Å²) in [6.45, 7) is 5.42. The van der Waals surface area contributed by atoms with Crippen molar-refractivity contribution in [3.05, 3.63) is 18.5 Å². The molecule has 80 valence electrons. The van der Waals surface area contributed by atoms with E-state index in [1.807, 2.05) is 34.9 Å². The number of thioether (sulfide) groups is 1. The maximum atomic E-state index is 4.15. The fraction of sp³-hybridized carbons (Fsp3) is 0.700. The van der Waals surface area contributed by atoms with Gasteiger partial charge in [0, 0.05) is 31.2 Å². The lowest BCUT2D eigenvalue weighted by atomic mass is 10.4. The Hall–Kier alpha value is -0.480. The highest BCUT2D eigenvalue weighted by Gasteiger charge is 1.91. The summed E-state index contributed by atoms with van der Waals surface area (Å²) in [5.41, 5.74) is 0. The van der Waals surface area contributed by atoms with Crippen LogP contribution in [-0.2, 0) is 6.54 Å². The van der Waals surface area contributed by atoms with Crippen molar-refractivity contribution in [3.8, 4) is 0 Å². The molecule has 1 aromatic heterocycles. The largest absolute Gasteiger partial charge is 0.316 e. The second-order valence-electron chi connectivity index (χ2n) is 3.07. The van der Waals surface area contributed by atoms with Gasteiger partial charge in [0.25, 0.3) is 0 Å². The zero-order valence-corrected chi connectivity index (χ0v) is 9.59. The highest BCUT2D eigenvalue weighted by atomic mass is 32.2. The third-order valence-corrected chi connectivity index (χ3v) is 2.83. The Labute approximate surface area is 90.3 Å². The molecule has 0 aliphatic carbocycles. The molecule has 1 heterocycles. The number of aryl methyl sites for hydroxylation is 1. The smallest absolute Gasteiger partial charge is 0.0489 e. The Morgan fingerprint density at radius 1 is 1.43 bits per heavy atom. The third kappa shape index (κ3) is 5.29. The van der Waals surface area contributed by atoms with Gasteiger partial charge in [-0.15, -0.1) is 0 Å². The number of hydrogen-bond acceptors (Lipinski definition) is 3. The molecule has 1 rings (SSSR count). The first kappa shape index (κ1) is 11.6. The molecule has 14 heavy (non-hydrogen) atoms. The summed E-state index contributed by atoms with van der Waals surface area (Å²) in [6.07, 6.45) is 4.98. The van der Waals surface area contributed by atoms with Crippen LogP contribution in [0.5, 0.6) is 0 Å². The monoisotopic (exact) mass is 213 g/mol. The molecule has 4 heteroatoms. The lowest BCUT2D eigenvalue weighted by molar-refractivity contribution is 0.551. The molecular formula is C10H19N3S. The summed E-state index contributed by atoms with van der Waals surface area (Å²) in [4.78, 5) is 0. The number of rotatable bonds is 8. The van der Waals surface area contributed by atoms with Crippen molar-refractivity contribution in [1.29, 1.82) is 0 Å². The van der Waals surface area contributed by atoms with E-state index in [0.29, 0.717) is 0 Å². The molecule has 1 aromatic rings. The molecule has 0 amide bonds. The average molecular weight is 213 g/mol. The molecule has 0 fully saturated rings. The van der Waals surface area contributed by atoms with E-state index in [0.717, 1.165) is 26.1 Å². The van der Waals surface area contributed by atoms with Gasteiger partial charge in [-0.25, -0.2) is 0 Å². The highest BCUT2D eigenvalue weighted by Crippen LogP contribution is 1.95. The molecule has 0 spiro atoms. The van der Waals surface area contributed by atoms with Crippen LogP contribution >= 0.6 is 11.8 Å². The van der Waals surface area contributed by atoms with Crippen molar-refractivity contribution in [2.75, 3.05) is 24.6 Å². The molecule has 0 atom stereocenters. The zero-order chi connectivity index (χ0) is 10.1. The molecule has 3 nitrogen and oxygen atoms in total. The van der Waals surface area contributed by atoms with E-state index in [9.17, 15) is 0 Å². The quantitative estimate of drug-likeness (QED) is 0.665. The van der Waals surface area contributed by atoms with Crippen LogP contribution in [0, 0.1) is 0 Å². The minimum Gasteiger partial charge on any atom is -0.316 e. The summed E-state index contributed by atoms with van der Waals surface area (Å²) in [5, 5.41) is 7.57. The Balaban J connectivity index is 1.85. The van der Waals surface area contributed by atoms with Gasteiger partial charge in [0.05, 0.1) is 0 Å². The molecule has 0 radical (unpaired) electrons. The van der Waals surface area contributed by atoms with Crippen molar-refractivity contribution in [2.24, 2.45) is 0 Å². The molecule has 0 aliphatic heterocycles. The topological polar surface area (TPSA) is 29.9 Å². The molecule has 0 unspecified atom stereocenters. The van der Waals surface area contributed by atoms with E-state index in [-0.39, 0.29) is 0 Å². The van der Waals surface area contributed by atoms with Crippen molar-refractivity contribution >= 4 is 11.8 Å². The fourth-order valence-corrected chi connectivity index (χ4v) is 1.79. The van der Waals surface area contributed by atoms with E-state index < -0.39 is 0 Å². The maximum absolute atomic E-state index is 4.15. The maximum Gasteiger partial charge on any atom is 0.0489 e. The molecule has 0 bridgehead atoms. The van der Waals surface area contributed by atoms with Crippen molar-refractivity contribution in [3.63, 3.8) is 0 Å². The first-order valence-corrected chi connectivity index (χ1v) is 6.35. The summed E-state index contributed by atoms with van der Waals surface area (Å²) in [7, 11) is 0. The predicted molar refractivity (Wildman–Crippen MR) is 62.7 cm³/mol. The Morgan fingerprint density at radius 2 is 2.36 bits per heavy atom. The van der Waals surface area contributed by atoms with Gasteiger partial charge < -0.3 is 5.32 Å². The standard InChI is InChI=1S/C10H19N3S/c1-2-14-10-7-11-5-3-8-13-9-4-6-12-13/h4,6,9,11H,2-3,5,7-8,10H2,1H3. The van der Waals surface area contributed by atoms with Gasteiger partial charge >= 0.3 is 0 Å². The summed E-state index contributed by atoms with van der Waals surface area (Å²) in [6, 6.07) is 1.96. The Bertz CT molecular complexity index is 211. The van der Waals surface area contributed by atoms with Crippen LogP contribution in [0.25, 0.3) is 0 Å². The molecule has 0 aromatic carbocycles. The van der Waals surface area contributed by atoms with Gasteiger partial charge in [-0.05, 0) is 24.8 Å². The lowest BCUT2D eigenvalue weighted by Gasteiger charge is -2.04. The van der Waals surface area contributed by atoms with Crippen LogP contribution in [0.4, 0.5) is 0 Å². The molecule has 0 saturated heterocycles. The lowest BCUT2D eigenvalue weighted by Crippen LogP contribution is -2.19. The van der Waals surface area contributed by atoms with Gasteiger partial charge in [0.1, 0.15) is 0 Å². The number of nitrogens with zero attached hydrogens (tertiary/aromatic N) is 2.